The van der Waals surface area contributed by atoms with Gasteiger partial charge >= 0.3 is 18.0 Å². The summed E-state index contributed by atoms with van der Waals surface area (Å²) in [6.07, 6.45) is 0.0249. The number of amides is 2. The van der Waals surface area contributed by atoms with Crippen LogP contribution in [0.5, 0.6) is 0 Å². The molecular weight excluding hydrogens is 630 g/mol. The molecule has 19 nitrogen and oxygen atoms in total. The molecule has 1 aliphatic heterocycles. The summed E-state index contributed by atoms with van der Waals surface area (Å²) < 4.78 is 15.1. The molecule has 1 aliphatic rings. The maximum atomic E-state index is 13.8. The van der Waals surface area contributed by atoms with Crippen molar-refractivity contribution in [3.05, 3.63) is 56.1 Å². The molecular formula is C28H41N5O14. The Balaban J connectivity index is 1.99. The van der Waals surface area contributed by atoms with Crippen LogP contribution in [-0.2, 0) is 44.7 Å². The third kappa shape index (κ3) is 15.4. The third-order valence-electron chi connectivity index (χ3n) is 6.96. The molecule has 47 heavy (non-hydrogen) atoms. The fraction of sp³-hybridized carbons (Fsp3) is 0.643. The standard InChI is InChI=1S/C28H41N5O14/c1-20(47-33(41)42)46-28(38)29-14-6-5-10-22(30-23(26(35)36)13-12-21-8-3-2-4-9-21)25(34)31-15-7-11-24(31)27(37)44-18-16-43-17-19-45-32(39)40/h2-4,8-9,20,22-24,30H,5-7,10-19H2,1H3,(H,29,38)(H,35,36). The van der Waals surface area contributed by atoms with Crippen LogP contribution in [0.3, 0.4) is 0 Å². The number of nitrogens with one attached hydrogen (secondary N) is 2. The van der Waals surface area contributed by atoms with Gasteiger partial charge in [-0.25, -0.2) is 9.59 Å². The number of hydrogen-bond acceptors (Lipinski definition) is 14. The summed E-state index contributed by atoms with van der Waals surface area (Å²) in [5, 5.41) is 33.8. The lowest BCUT2D eigenvalue weighted by molar-refractivity contribution is -0.777. The number of ether oxygens (including phenoxy) is 3. The topological polar surface area (TPSA) is 248 Å². The molecule has 262 valence electrons. The van der Waals surface area contributed by atoms with Crippen molar-refractivity contribution in [2.45, 2.75) is 76.3 Å². The van der Waals surface area contributed by atoms with Gasteiger partial charge in [-0.05, 0) is 57.4 Å². The first-order valence-electron chi connectivity index (χ1n) is 15.1. The first-order valence-corrected chi connectivity index (χ1v) is 15.1. The second-order valence-corrected chi connectivity index (χ2v) is 10.4. The smallest absolute Gasteiger partial charge is 0.409 e. The number of rotatable bonds is 23. The minimum absolute atomic E-state index is 0.0391. The van der Waals surface area contributed by atoms with E-state index in [1.54, 1.807) is 0 Å². The van der Waals surface area contributed by atoms with E-state index in [1.807, 2.05) is 30.3 Å². The molecule has 0 bridgehead atoms. The highest BCUT2D eigenvalue weighted by atomic mass is 17.0. The molecule has 2 rings (SSSR count). The molecule has 4 atom stereocenters. The van der Waals surface area contributed by atoms with Gasteiger partial charge in [0.1, 0.15) is 25.3 Å². The number of likely N-dealkylation sites (tertiary alicyclic amines) is 1. The first kappa shape index (κ1) is 38.4. The van der Waals surface area contributed by atoms with Gasteiger partial charge in [0, 0.05) is 13.1 Å². The van der Waals surface area contributed by atoms with E-state index in [9.17, 15) is 44.5 Å². The summed E-state index contributed by atoms with van der Waals surface area (Å²) in [6, 6.07) is 6.32. The number of hydrogen-bond donors (Lipinski definition) is 3. The molecule has 3 N–H and O–H groups in total. The van der Waals surface area contributed by atoms with Gasteiger partial charge < -0.3 is 34.4 Å². The predicted octanol–water partition coefficient (Wildman–Crippen LogP) is 1.24. The number of carbonyl (C=O) groups is 4. The van der Waals surface area contributed by atoms with Crippen molar-refractivity contribution in [2.24, 2.45) is 0 Å². The van der Waals surface area contributed by atoms with Crippen LogP contribution >= 0.6 is 0 Å². The van der Waals surface area contributed by atoms with E-state index in [2.05, 4.69) is 20.3 Å². The van der Waals surface area contributed by atoms with Crippen LogP contribution in [0.1, 0.15) is 51.0 Å². The van der Waals surface area contributed by atoms with Gasteiger partial charge in [-0.15, -0.1) is 20.2 Å². The SMILES string of the molecule is CC(OC(=O)NCCCCC(NC(CCc1ccccc1)C(=O)O)C(=O)N1CCCC1C(=O)OCCOCCO[N+](=O)[O-])O[N+](=O)[O-]. The van der Waals surface area contributed by atoms with Gasteiger partial charge in [-0.3, -0.25) is 19.7 Å². The molecule has 1 saturated heterocycles. The molecule has 0 radical (unpaired) electrons. The van der Waals surface area contributed by atoms with E-state index >= 15 is 0 Å². The minimum Gasteiger partial charge on any atom is -0.480 e. The number of carboxylic acids is 1. The summed E-state index contributed by atoms with van der Waals surface area (Å²) in [4.78, 5) is 80.8. The Morgan fingerprint density at radius 2 is 1.72 bits per heavy atom. The Bertz CT molecular complexity index is 1170. The quantitative estimate of drug-likeness (QED) is 0.0487. The zero-order valence-corrected chi connectivity index (χ0v) is 26.0. The van der Waals surface area contributed by atoms with E-state index in [0.717, 1.165) is 5.56 Å². The summed E-state index contributed by atoms with van der Waals surface area (Å²) in [7, 11) is 0. The van der Waals surface area contributed by atoms with Crippen LogP contribution in [0.4, 0.5) is 4.79 Å². The molecule has 1 fully saturated rings. The van der Waals surface area contributed by atoms with Gasteiger partial charge in [-0.2, -0.15) is 0 Å². The monoisotopic (exact) mass is 671 g/mol. The number of benzene rings is 1. The molecule has 1 aromatic carbocycles. The third-order valence-corrected chi connectivity index (χ3v) is 6.96. The van der Waals surface area contributed by atoms with E-state index in [4.69, 9.17) is 14.2 Å². The van der Waals surface area contributed by atoms with Crippen LogP contribution in [0.15, 0.2) is 30.3 Å². The fourth-order valence-corrected chi connectivity index (χ4v) is 4.80. The highest BCUT2D eigenvalue weighted by molar-refractivity contribution is 5.88. The Morgan fingerprint density at radius 1 is 1.00 bits per heavy atom. The number of unbranched alkanes of at least 4 members (excludes halogenated alkanes) is 1. The van der Waals surface area contributed by atoms with Crippen molar-refractivity contribution in [3.8, 4) is 0 Å². The van der Waals surface area contributed by atoms with E-state index in [-0.39, 0.29) is 52.4 Å². The Labute approximate surface area is 270 Å². The summed E-state index contributed by atoms with van der Waals surface area (Å²) in [5.74, 6) is -2.27. The lowest BCUT2D eigenvalue weighted by Gasteiger charge is -2.30. The number of esters is 1. The second kappa shape index (κ2) is 21.1. The molecule has 19 heteroatoms. The van der Waals surface area contributed by atoms with Crippen LogP contribution in [-0.4, -0.2) is 108 Å². The molecule has 0 aromatic heterocycles. The van der Waals surface area contributed by atoms with E-state index < -0.39 is 58.5 Å². The summed E-state index contributed by atoms with van der Waals surface area (Å²) in [6.45, 7) is 0.981. The molecule has 0 saturated carbocycles. The van der Waals surface area contributed by atoms with Gasteiger partial charge in [0.15, 0.2) is 0 Å². The number of carboxylic acid groups (broad SMARTS) is 1. The average molecular weight is 672 g/mol. The van der Waals surface area contributed by atoms with E-state index in [1.165, 1.54) is 11.8 Å². The number of carbonyl (C=O) groups excluding carboxylic acids is 3. The Hall–Kier alpha value is -4.78. The van der Waals surface area contributed by atoms with Crippen LogP contribution in [0.25, 0.3) is 0 Å². The van der Waals surface area contributed by atoms with Crippen molar-refractivity contribution in [1.82, 2.24) is 15.5 Å². The molecule has 1 heterocycles. The van der Waals surface area contributed by atoms with Crippen molar-refractivity contribution >= 4 is 23.9 Å². The normalized spacial score (nSPS) is 15.9. The minimum atomic E-state index is -1.41. The first-order chi connectivity index (χ1) is 22.5. The lowest BCUT2D eigenvalue weighted by atomic mass is 10.0. The van der Waals surface area contributed by atoms with Crippen molar-refractivity contribution in [2.75, 3.05) is 39.5 Å². The van der Waals surface area contributed by atoms with Crippen molar-refractivity contribution < 1.29 is 58.3 Å². The van der Waals surface area contributed by atoms with Gasteiger partial charge in [0.05, 0.1) is 19.3 Å². The summed E-state index contributed by atoms with van der Waals surface area (Å²) >= 11 is 0. The van der Waals surface area contributed by atoms with E-state index in [0.29, 0.717) is 32.1 Å². The molecule has 1 aromatic rings. The largest absolute Gasteiger partial charge is 0.480 e. The number of nitrogens with zero attached hydrogens (tertiary/aromatic N) is 3. The Kier molecular flexibility index (Phi) is 17.2. The van der Waals surface area contributed by atoms with Crippen molar-refractivity contribution in [1.29, 1.82) is 0 Å². The predicted molar refractivity (Wildman–Crippen MR) is 158 cm³/mol. The number of aryl methyl sites for hydroxylation is 1. The fourth-order valence-electron chi connectivity index (χ4n) is 4.80. The molecule has 4 unspecified atom stereocenters. The van der Waals surface area contributed by atoms with Gasteiger partial charge in [0.25, 0.3) is 10.2 Å². The Morgan fingerprint density at radius 3 is 2.40 bits per heavy atom. The molecule has 2 amide bonds. The second-order valence-electron chi connectivity index (χ2n) is 10.4. The highest BCUT2D eigenvalue weighted by Gasteiger charge is 2.39. The van der Waals surface area contributed by atoms with Gasteiger partial charge in [0.2, 0.25) is 12.2 Å². The van der Waals surface area contributed by atoms with Crippen molar-refractivity contribution in [3.63, 3.8) is 0 Å². The van der Waals surface area contributed by atoms with Crippen LogP contribution < -0.4 is 10.6 Å². The lowest BCUT2D eigenvalue weighted by Crippen LogP contribution is -2.54. The van der Waals surface area contributed by atoms with Gasteiger partial charge in [-0.1, -0.05) is 30.3 Å². The zero-order valence-electron chi connectivity index (χ0n) is 26.0. The average Bonchev–Trinajstić information content (AvgIpc) is 3.51. The van der Waals surface area contributed by atoms with Crippen LogP contribution in [0.2, 0.25) is 0 Å². The molecule has 0 aliphatic carbocycles. The van der Waals surface area contributed by atoms with Crippen LogP contribution in [0, 0.1) is 20.2 Å². The maximum absolute atomic E-state index is 13.8. The highest BCUT2D eigenvalue weighted by Crippen LogP contribution is 2.21. The zero-order chi connectivity index (χ0) is 34.6. The maximum Gasteiger partial charge on any atom is 0.409 e. The molecule has 0 spiro atoms. The number of alkyl carbamates (subject to hydrolysis) is 1. The number of aliphatic carboxylic acids is 1. The summed E-state index contributed by atoms with van der Waals surface area (Å²) in [5.41, 5.74) is 0.927.